The minimum Gasteiger partial charge on any atom is -0.493 e. The largest absolute Gasteiger partial charge is 0.493 e. The minimum atomic E-state index is -2.56. The first-order valence-electron chi connectivity index (χ1n) is 10.2. The molecule has 1 aromatic carbocycles. The van der Waals surface area contributed by atoms with E-state index in [1.807, 2.05) is 13.0 Å². The van der Waals surface area contributed by atoms with Gasteiger partial charge in [-0.2, -0.15) is 0 Å². The predicted octanol–water partition coefficient (Wildman–Crippen LogP) is 3.28. The first-order valence-corrected chi connectivity index (χ1v) is 10.2. The fourth-order valence-corrected chi connectivity index (χ4v) is 3.80. The molecule has 10 heteroatoms. The van der Waals surface area contributed by atoms with Crippen LogP contribution in [0.2, 0.25) is 0 Å². The van der Waals surface area contributed by atoms with E-state index in [-0.39, 0.29) is 23.8 Å². The van der Waals surface area contributed by atoms with Crippen molar-refractivity contribution >= 4 is 16.9 Å². The molecule has 1 N–H and O–H groups in total. The molecular formula is C22H24F2N4O4. The molecule has 3 heterocycles. The van der Waals surface area contributed by atoms with Gasteiger partial charge in [-0.1, -0.05) is 0 Å². The van der Waals surface area contributed by atoms with Crippen LogP contribution in [0.4, 0.5) is 8.78 Å². The van der Waals surface area contributed by atoms with E-state index < -0.39 is 13.0 Å². The Balaban J connectivity index is 1.78. The number of hydrogen-bond acceptors (Lipinski definition) is 6. The maximum atomic E-state index is 13.1. The second-order valence-corrected chi connectivity index (χ2v) is 7.63. The third-order valence-electron chi connectivity index (χ3n) is 5.55. The molecule has 3 aromatic rings. The van der Waals surface area contributed by atoms with Gasteiger partial charge in [-0.3, -0.25) is 4.79 Å². The van der Waals surface area contributed by atoms with Crippen LogP contribution < -0.4 is 19.5 Å². The van der Waals surface area contributed by atoms with Crippen LogP contribution in [0.15, 0.2) is 30.6 Å². The van der Waals surface area contributed by atoms with Gasteiger partial charge in [0.1, 0.15) is 11.6 Å². The van der Waals surface area contributed by atoms with Gasteiger partial charge in [0.05, 0.1) is 38.3 Å². The molecule has 1 aliphatic rings. The van der Waals surface area contributed by atoms with Crippen LogP contribution in [0.5, 0.6) is 17.4 Å². The highest BCUT2D eigenvalue weighted by molar-refractivity contribution is 5.85. The molecule has 2 aromatic heterocycles. The fraction of sp³-hybridized carbons (Fsp3) is 0.409. The number of alkyl halides is 2. The van der Waals surface area contributed by atoms with E-state index >= 15 is 0 Å². The van der Waals surface area contributed by atoms with E-state index in [1.54, 1.807) is 25.3 Å². The summed E-state index contributed by atoms with van der Waals surface area (Å²) >= 11 is 0. The molecule has 4 rings (SSSR count). The van der Waals surface area contributed by atoms with Gasteiger partial charge in [-0.15, -0.1) is 0 Å². The van der Waals surface area contributed by atoms with Crippen molar-refractivity contribution in [3.05, 3.63) is 30.6 Å². The van der Waals surface area contributed by atoms with E-state index in [0.717, 1.165) is 5.56 Å². The third-order valence-corrected chi connectivity index (χ3v) is 5.55. The zero-order valence-electron chi connectivity index (χ0n) is 18.0. The van der Waals surface area contributed by atoms with Crippen molar-refractivity contribution in [2.75, 3.05) is 20.8 Å². The average Bonchev–Trinajstić information content (AvgIpc) is 3.39. The van der Waals surface area contributed by atoms with Gasteiger partial charge in [-0.05, 0) is 31.2 Å². The summed E-state index contributed by atoms with van der Waals surface area (Å²) in [7, 11) is 3.09. The fourth-order valence-electron chi connectivity index (χ4n) is 3.80. The van der Waals surface area contributed by atoms with Gasteiger partial charge in [-0.25, -0.2) is 18.7 Å². The molecule has 0 radical (unpaired) electrons. The molecule has 1 saturated heterocycles. The van der Waals surface area contributed by atoms with Crippen molar-refractivity contribution in [1.82, 2.24) is 19.9 Å². The number of hydrogen-bond donors (Lipinski definition) is 1. The lowest BCUT2D eigenvalue weighted by molar-refractivity contribution is -0.119. The molecule has 0 aliphatic carbocycles. The normalized spacial score (nSPS) is 16.9. The summed E-state index contributed by atoms with van der Waals surface area (Å²) in [5.74, 6) is 1.21. The van der Waals surface area contributed by atoms with Gasteiger partial charge < -0.3 is 24.1 Å². The number of ether oxygens (including phenoxy) is 3. The van der Waals surface area contributed by atoms with E-state index in [9.17, 15) is 13.6 Å². The number of aromatic nitrogens is 3. The lowest BCUT2D eigenvalue weighted by atomic mass is 10.0. The number of carbonyl (C=O) groups excluding carboxylic acids is 1. The second-order valence-electron chi connectivity index (χ2n) is 7.63. The van der Waals surface area contributed by atoms with Crippen molar-refractivity contribution in [2.24, 2.45) is 5.92 Å². The number of fused-ring (bicyclic) bond motifs is 1. The second kappa shape index (κ2) is 8.97. The smallest absolute Gasteiger partial charge is 0.256 e. The van der Waals surface area contributed by atoms with E-state index in [1.165, 1.54) is 18.0 Å². The van der Waals surface area contributed by atoms with Crippen LogP contribution in [0.3, 0.4) is 0 Å². The summed E-state index contributed by atoms with van der Waals surface area (Å²) in [5.41, 5.74) is 2.14. The Hall–Kier alpha value is -3.43. The maximum absolute atomic E-state index is 13.1. The van der Waals surface area contributed by atoms with Crippen molar-refractivity contribution in [1.29, 1.82) is 0 Å². The molecule has 1 amide bonds. The lowest BCUT2D eigenvalue weighted by Gasteiger charge is -2.20. The molecule has 1 aliphatic heterocycles. The van der Waals surface area contributed by atoms with Crippen molar-refractivity contribution in [3.63, 3.8) is 0 Å². The van der Waals surface area contributed by atoms with Crippen LogP contribution in [-0.2, 0) is 11.3 Å². The van der Waals surface area contributed by atoms with Crippen LogP contribution in [0, 0.1) is 5.92 Å². The highest BCUT2D eigenvalue weighted by Crippen LogP contribution is 2.35. The topological polar surface area (TPSA) is 87.5 Å². The van der Waals surface area contributed by atoms with Gasteiger partial charge in [0.2, 0.25) is 11.8 Å². The Morgan fingerprint density at radius 1 is 1.22 bits per heavy atom. The number of rotatable bonds is 8. The number of nitrogens with zero attached hydrogens (tertiary/aromatic N) is 3. The Bertz CT molecular complexity index is 1130. The highest BCUT2D eigenvalue weighted by Gasteiger charge is 2.29. The summed E-state index contributed by atoms with van der Waals surface area (Å²) in [6, 6.07) is 7.07. The van der Waals surface area contributed by atoms with Crippen LogP contribution in [0.1, 0.15) is 13.3 Å². The third kappa shape index (κ3) is 4.30. The Morgan fingerprint density at radius 2 is 2.00 bits per heavy atom. The van der Waals surface area contributed by atoms with Crippen LogP contribution in [0.25, 0.3) is 22.3 Å². The maximum Gasteiger partial charge on any atom is 0.256 e. The van der Waals surface area contributed by atoms with Gasteiger partial charge in [0, 0.05) is 24.4 Å². The molecule has 8 nitrogen and oxygen atoms in total. The number of imidazole rings is 1. The van der Waals surface area contributed by atoms with E-state index in [0.29, 0.717) is 41.2 Å². The first-order chi connectivity index (χ1) is 15.4. The Morgan fingerprint density at radius 3 is 2.66 bits per heavy atom. The standard InChI is InChI=1S/C22H24F2N4O4/c1-12(14-7-20(29)25-9-14)32-22-21-16(26-11-28(21)10-19(23)24)8-15(27-22)13-4-5-17(30-2)18(6-13)31-3/h4-6,8,11-12,14,19H,7,9-10H2,1-3H3,(H,25,29)/t12-,14-/m1/s1. The van der Waals surface area contributed by atoms with Gasteiger partial charge in [0.25, 0.3) is 6.43 Å². The van der Waals surface area contributed by atoms with Crippen molar-refractivity contribution in [3.8, 4) is 28.6 Å². The predicted molar refractivity (Wildman–Crippen MR) is 113 cm³/mol. The summed E-state index contributed by atoms with van der Waals surface area (Å²) < 4.78 is 44.4. The molecule has 1 fully saturated rings. The van der Waals surface area contributed by atoms with Crippen molar-refractivity contribution < 1.29 is 27.8 Å². The summed E-state index contributed by atoms with van der Waals surface area (Å²) in [4.78, 5) is 20.5. The summed E-state index contributed by atoms with van der Waals surface area (Å²) in [6.07, 6.45) is -1.22. The lowest BCUT2D eigenvalue weighted by Crippen LogP contribution is -2.26. The monoisotopic (exact) mass is 446 g/mol. The van der Waals surface area contributed by atoms with Crippen LogP contribution in [-0.4, -0.2) is 53.7 Å². The molecular weight excluding hydrogens is 422 g/mol. The molecule has 170 valence electrons. The number of pyridine rings is 1. The van der Waals surface area contributed by atoms with E-state index in [2.05, 4.69) is 15.3 Å². The van der Waals surface area contributed by atoms with Crippen LogP contribution >= 0.6 is 0 Å². The number of methoxy groups -OCH3 is 2. The van der Waals surface area contributed by atoms with Gasteiger partial charge >= 0.3 is 0 Å². The number of nitrogens with one attached hydrogen (secondary N) is 1. The Labute approximate surface area is 183 Å². The quantitative estimate of drug-likeness (QED) is 0.572. The molecule has 32 heavy (non-hydrogen) atoms. The zero-order valence-corrected chi connectivity index (χ0v) is 18.0. The minimum absolute atomic E-state index is 0.0367. The molecule has 0 unspecified atom stereocenters. The number of amides is 1. The number of carbonyl (C=O) groups is 1. The molecule has 0 bridgehead atoms. The first kappa shape index (κ1) is 21.8. The zero-order chi connectivity index (χ0) is 22.8. The van der Waals surface area contributed by atoms with Gasteiger partial charge in [0.15, 0.2) is 11.5 Å². The molecule has 2 atom stereocenters. The SMILES string of the molecule is COc1ccc(-c2cc3ncn(CC(F)F)c3c(O[C@H](C)[C@H]3CNC(=O)C3)n2)cc1OC. The summed E-state index contributed by atoms with van der Waals surface area (Å²) in [6.45, 7) is 1.81. The number of benzene rings is 1. The molecule has 0 spiro atoms. The molecule has 0 saturated carbocycles. The summed E-state index contributed by atoms with van der Waals surface area (Å²) in [5, 5.41) is 2.78. The van der Waals surface area contributed by atoms with E-state index in [4.69, 9.17) is 14.2 Å². The highest BCUT2D eigenvalue weighted by atomic mass is 19.3. The average molecular weight is 446 g/mol. The number of halogens is 2. The Kier molecular flexibility index (Phi) is 6.11. The van der Waals surface area contributed by atoms with Crippen molar-refractivity contribution in [2.45, 2.75) is 32.4 Å².